The summed E-state index contributed by atoms with van der Waals surface area (Å²) in [6.07, 6.45) is 3.57. The average Bonchev–Trinajstić information content (AvgIpc) is 2.89. The van der Waals surface area contributed by atoms with Gasteiger partial charge in [-0.3, -0.25) is 9.10 Å². The topological polar surface area (TPSA) is 69.7 Å². The Hall–Kier alpha value is -2.12. The molecule has 174 valence electrons. The molecule has 32 heavy (non-hydrogen) atoms. The van der Waals surface area contributed by atoms with Crippen LogP contribution in [0.4, 0.5) is 5.69 Å². The van der Waals surface area contributed by atoms with Crippen molar-refractivity contribution in [3.05, 3.63) is 36.4 Å². The largest absolute Gasteiger partial charge is 0.338 e. The molecule has 4 rings (SSSR count). The molecular formula is C25H35N3O3S. The number of unbranched alkanes of at least 4 members (excludes halogenated alkanes) is 1. The molecule has 2 aromatic carbocycles. The summed E-state index contributed by atoms with van der Waals surface area (Å²) >= 11 is 0. The summed E-state index contributed by atoms with van der Waals surface area (Å²) < 4.78 is 28.0. The van der Waals surface area contributed by atoms with Crippen LogP contribution in [0.5, 0.6) is 0 Å². The van der Waals surface area contributed by atoms with Gasteiger partial charge in [0.2, 0.25) is 5.91 Å². The molecule has 2 aliphatic heterocycles. The first-order chi connectivity index (χ1) is 15.0. The number of hydrogen-bond donors (Lipinski definition) is 1. The summed E-state index contributed by atoms with van der Waals surface area (Å²) in [5.41, 5.74) is 0.408. The van der Waals surface area contributed by atoms with Gasteiger partial charge in [0.05, 0.1) is 10.6 Å². The van der Waals surface area contributed by atoms with E-state index in [2.05, 4.69) is 39.9 Å². The Bertz CT molecular complexity index is 1120. The van der Waals surface area contributed by atoms with Gasteiger partial charge in [0.15, 0.2) is 0 Å². The summed E-state index contributed by atoms with van der Waals surface area (Å²) in [6.45, 7) is 11.3. The summed E-state index contributed by atoms with van der Waals surface area (Å²) in [6, 6.07) is 11.0. The molecule has 0 unspecified atom stereocenters. The lowest BCUT2D eigenvalue weighted by Crippen LogP contribution is -2.63. The fraction of sp³-hybridized carbons (Fsp3) is 0.560. The Balaban J connectivity index is 1.66. The van der Waals surface area contributed by atoms with E-state index >= 15 is 0 Å². The van der Waals surface area contributed by atoms with Gasteiger partial charge >= 0.3 is 0 Å². The van der Waals surface area contributed by atoms with Gasteiger partial charge in [-0.25, -0.2) is 8.42 Å². The molecule has 2 aromatic rings. The first-order valence-electron chi connectivity index (χ1n) is 11.6. The SMILES string of the molecule is CCCCN(C(=O)CN1c2cccc3cccc(c23)S1(=O)=O)C1CC(C)(C)NC(C)(C)C1. The van der Waals surface area contributed by atoms with Gasteiger partial charge in [-0.15, -0.1) is 0 Å². The standard InChI is InChI=1S/C25H35N3O3S/c1-6-7-14-27(19-15-24(2,3)26-25(4,5)16-19)22(29)17-28-20-12-8-10-18-11-9-13-21(23(18)20)32(28,30)31/h8-13,19,26H,6-7,14-17H2,1-5H3. The molecule has 1 saturated heterocycles. The second-order valence-electron chi connectivity index (χ2n) is 10.5. The van der Waals surface area contributed by atoms with E-state index in [-0.39, 0.29) is 29.6 Å². The Kier molecular flexibility index (Phi) is 5.78. The van der Waals surface area contributed by atoms with E-state index in [1.807, 2.05) is 23.1 Å². The maximum Gasteiger partial charge on any atom is 0.265 e. The van der Waals surface area contributed by atoms with E-state index in [0.29, 0.717) is 22.5 Å². The summed E-state index contributed by atoms with van der Waals surface area (Å²) in [5, 5.41) is 5.27. The molecule has 0 saturated carbocycles. The quantitative estimate of drug-likeness (QED) is 0.703. The normalized spacial score (nSPS) is 21.1. The lowest BCUT2D eigenvalue weighted by molar-refractivity contribution is -0.133. The van der Waals surface area contributed by atoms with E-state index in [1.165, 1.54) is 4.31 Å². The number of piperidine rings is 1. The molecule has 1 amide bonds. The molecule has 2 aliphatic rings. The second-order valence-corrected chi connectivity index (χ2v) is 12.4. The predicted molar refractivity (Wildman–Crippen MR) is 129 cm³/mol. The molecule has 0 aliphatic carbocycles. The lowest BCUT2D eigenvalue weighted by atomic mass is 9.79. The molecular weight excluding hydrogens is 422 g/mol. The predicted octanol–water partition coefficient (Wildman–Crippen LogP) is 4.29. The fourth-order valence-corrected chi connectivity index (χ4v) is 7.33. The average molecular weight is 458 g/mol. The van der Waals surface area contributed by atoms with Gasteiger partial charge in [-0.05, 0) is 64.5 Å². The smallest absolute Gasteiger partial charge is 0.265 e. The molecule has 1 fully saturated rings. The Morgan fingerprint density at radius 2 is 1.72 bits per heavy atom. The third-order valence-corrected chi connectivity index (χ3v) is 8.44. The molecule has 0 aromatic heterocycles. The van der Waals surface area contributed by atoms with Gasteiger partial charge in [-0.1, -0.05) is 37.6 Å². The van der Waals surface area contributed by atoms with Crippen molar-refractivity contribution in [2.45, 2.75) is 82.3 Å². The van der Waals surface area contributed by atoms with Crippen LogP contribution in [0.1, 0.15) is 60.3 Å². The van der Waals surface area contributed by atoms with Crippen LogP contribution in [-0.2, 0) is 14.8 Å². The second kappa shape index (κ2) is 8.03. The van der Waals surface area contributed by atoms with Crippen molar-refractivity contribution in [1.29, 1.82) is 0 Å². The Morgan fingerprint density at radius 3 is 2.34 bits per heavy atom. The Labute approximate surface area is 192 Å². The molecule has 0 radical (unpaired) electrons. The third kappa shape index (κ3) is 4.13. The van der Waals surface area contributed by atoms with Crippen LogP contribution in [0.3, 0.4) is 0 Å². The van der Waals surface area contributed by atoms with Crippen LogP contribution < -0.4 is 9.62 Å². The monoisotopic (exact) mass is 457 g/mol. The number of hydrogen-bond acceptors (Lipinski definition) is 4. The summed E-state index contributed by atoms with van der Waals surface area (Å²) in [4.78, 5) is 15.9. The van der Waals surface area contributed by atoms with Crippen LogP contribution in [0.2, 0.25) is 0 Å². The highest BCUT2D eigenvalue weighted by atomic mass is 32.2. The summed E-state index contributed by atoms with van der Waals surface area (Å²) in [7, 11) is -3.75. The first-order valence-corrected chi connectivity index (χ1v) is 13.0. The number of nitrogens with zero attached hydrogens (tertiary/aromatic N) is 2. The van der Waals surface area contributed by atoms with Gasteiger partial charge < -0.3 is 10.2 Å². The highest BCUT2D eigenvalue weighted by Gasteiger charge is 2.43. The molecule has 7 heteroatoms. The van der Waals surface area contributed by atoms with Crippen molar-refractivity contribution in [2.24, 2.45) is 0 Å². The fourth-order valence-electron chi connectivity index (χ4n) is 5.67. The maximum atomic E-state index is 13.7. The number of amides is 1. The number of nitrogens with one attached hydrogen (secondary N) is 1. The number of carbonyl (C=O) groups is 1. The van der Waals surface area contributed by atoms with Gasteiger partial charge in [0.1, 0.15) is 6.54 Å². The molecule has 1 N–H and O–H groups in total. The zero-order chi connectivity index (χ0) is 23.3. The van der Waals surface area contributed by atoms with E-state index in [0.717, 1.165) is 31.1 Å². The van der Waals surface area contributed by atoms with Crippen molar-refractivity contribution in [1.82, 2.24) is 10.2 Å². The lowest BCUT2D eigenvalue weighted by Gasteiger charge is -2.49. The minimum absolute atomic E-state index is 0.0729. The van der Waals surface area contributed by atoms with Gasteiger partial charge in [0.25, 0.3) is 10.0 Å². The number of benzene rings is 2. The van der Waals surface area contributed by atoms with Crippen molar-refractivity contribution < 1.29 is 13.2 Å². The molecule has 0 atom stereocenters. The van der Waals surface area contributed by atoms with Crippen molar-refractivity contribution >= 4 is 32.4 Å². The van der Waals surface area contributed by atoms with Crippen LogP contribution in [0, 0.1) is 0 Å². The van der Waals surface area contributed by atoms with Crippen molar-refractivity contribution in [3.63, 3.8) is 0 Å². The Morgan fingerprint density at radius 1 is 1.09 bits per heavy atom. The number of rotatable bonds is 6. The van der Waals surface area contributed by atoms with Crippen LogP contribution in [0.15, 0.2) is 41.3 Å². The molecule has 6 nitrogen and oxygen atoms in total. The molecule has 0 bridgehead atoms. The van der Waals surface area contributed by atoms with Crippen LogP contribution in [0.25, 0.3) is 10.8 Å². The highest BCUT2D eigenvalue weighted by molar-refractivity contribution is 7.93. The van der Waals surface area contributed by atoms with Crippen molar-refractivity contribution in [2.75, 3.05) is 17.4 Å². The number of anilines is 1. The third-order valence-electron chi connectivity index (χ3n) is 6.64. The van der Waals surface area contributed by atoms with Crippen LogP contribution >= 0.6 is 0 Å². The van der Waals surface area contributed by atoms with E-state index < -0.39 is 10.0 Å². The van der Waals surface area contributed by atoms with E-state index in [4.69, 9.17) is 0 Å². The number of sulfonamides is 1. The van der Waals surface area contributed by atoms with E-state index in [1.54, 1.807) is 18.2 Å². The van der Waals surface area contributed by atoms with Crippen LogP contribution in [-0.4, -0.2) is 49.4 Å². The molecule has 2 heterocycles. The zero-order valence-corrected chi connectivity index (χ0v) is 20.6. The van der Waals surface area contributed by atoms with E-state index in [9.17, 15) is 13.2 Å². The minimum Gasteiger partial charge on any atom is -0.338 e. The molecule has 0 spiro atoms. The first kappa shape index (κ1) is 23.1. The van der Waals surface area contributed by atoms with Crippen molar-refractivity contribution in [3.8, 4) is 0 Å². The van der Waals surface area contributed by atoms with Gasteiger partial charge in [0, 0.05) is 29.1 Å². The zero-order valence-electron chi connectivity index (χ0n) is 19.8. The number of carbonyl (C=O) groups excluding carboxylic acids is 1. The highest BCUT2D eigenvalue weighted by Crippen LogP contribution is 2.42. The minimum atomic E-state index is -3.75. The van der Waals surface area contributed by atoms with Gasteiger partial charge in [-0.2, -0.15) is 0 Å². The maximum absolute atomic E-state index is 13.7. The summed E-state index contributed by atoms with van der Waals surface area (Å²) in [5.74, 6) is -0.120.